The molecule has 0 aliphatic heterocycles. The van der Waals surface area contributed by atoms with Gasteiger partial charge in [0.15, 0.2) is 10.3 Å². The summed E-state index contributed by atoms with van der Waals surface area (Å²) in [6.07, 6.45) is 0.867. The van der Waals surface area contributed by atoms with Gasteiger partial charge < -0.3 is 15.5 Å². The standard InChI is InChI=1S/C20H22ClF2N5O2S2.ClH/c1-12-4-5-15(17(8-12)28(3)7-6-24-2)26-16-10-14(22)18(9-13(16)21)32(29,30)27-20-25-11-19(23)31-20;/h4-5,8-11,24,26H,6-7H2,1-3H3,(H,25,27);1H. The minimum absolute atomic E-state index is 0. The molecule has 0 saturated carbocycles. The number of benzene rings is 2. The minimum atomic E-state index is -4.35. The zero-order valence-electron chi connectivity index (χ0n) is 17.9. The number of aromatic nitrogens is 1. The smallest absolute Gasteiger partial charge is 0.266 e. The van der Waals surface area contributed by atoms with Gasteiger partial charge in [0.25, 0.3) is 10.0 Å². The van der Waals surface area contributed by atoms with E-state index in [-0.39, 0.29) is 28.2 Å². The fourth-order valence-corrected chi connectivity index (χ4v) is 5.06. The topological polar surface area (TPSA) is 86.4 Å². The van der Waals surface area contributed by atoms with Crippen LogP contribution in [0.5, 0.6) is 0 Å². The van der Waals surface area contributed by atoms with Gasteiger partial charge in [0, 0.05) is 26.2 Å². The van der Waals surface area contributed by atoms with E-state index in [4.69, 9.17) is 11.6 Å². The molecule has 0 aliphatic rings. The highest BCUT2D eigenvalue weighted by Crippen LogP contribution is 2.35. The molecule has 3 aromatic rings. The van der Waals surface area contributed by atoms with Crippen molar-refractivity contribution in [2.24, 2.45) is 0 Å². The van der Waals surface area contributed by atoms with Crippen LogP contribution in [0.2, 0.25) is 5.02 Å². The molecule has 0 bridgehead atoms. The van der Waals surface area contributed by atoms with E-state index in [1.54, 1.807) is 0 Å². The quantitative estimate of drug-likeness (QED) is 0.356. The largest absolute Gasteiger partial charge is 0.372 e. The molecule has 0 aliphatic carbocycles. The first-order valence-corrected chi connectivity index (χ1v) is 12.1. The number of likely N-dealkylation sites (N-methyl/N-ethyl adjacent to an activating group) is 2. The molecule has 2 aromatic carbocycles. The van der Waals surface area contributed by atoms with Gasteiger partial charge in [-0.05, 0) is 37.7 Å². The normalized spacial score (nSPS) is 11.1. The van der Waals surface area contributed by atoms with Crippen molar-refractivity contribution >= 4 is 67.6 Å². The summed E-state index contributed by atoms with van der Waals surface area (Å²) in [7, 11) is -0.556. The Hall–Kier alpha value is -2.18. The number of thiazole rings is 1. The highest BCUT2D eigenvalue weighted by atomic mass is 35.5. The molecule has 180 valence electrons. The van der Waals surface area contributed by atoms with E-state index < -0.39 is 25.9 Å². The number of hydrogen-bond donors (Lipinski definition) is 3. The van der Waals surface area contributed by atoms with Gasteiger partial charge in [-0.1, -0.05) is 29.0 Å². The van der Waals surface area contributed by atoms with Crippen LogP contribution in [0, 0.1) is 17.9 Å². The van der Waals surface area contributed by atoms with E-state index in [0.29, 0.717) is 17.0 Å². The first-order valence-electron chi connectivity index (χ1n) is 9.47. The van der Waals surface area contributed by atoms with Gasteiger partial charge in [-0.3, -0.25) is 4.72 Å². The molecule has 7 nitrogen and oxygen atoms in total. The van der Waals surface area contributed by atoms with Gasteiger partial charge in [-0.2, -0.15) is 4.39 Å². The minimum Gasteiger partial charge on any atom is -0.372 e. The summed E-state index contributed by atoms with van der Waals surface area (Å²) >= 11 is 6.78. The van der Waals surface area contributed by atoms with Crippen LogP contribution < -0.4 is 20.3 Å². The number of halogens is 4. The van der Waals surface area contributed by atoms with E-state index in [1.807, 2.05) is 44.1 Å². The van der Waals surface area contributed by atoms with Crippen molar-refractivity contribution in [3.05, 3.63) is 58.1 Å². The molecule has 3 N–H and O–H groups in total. The van der Waals surface area contributed by atoms with E-state index in [9.17, 15) is 17.2 Å². The Kier molecular flexibility index (Phi) is 9.27. The van der Waals surface area contributed by atoms with E-state index in [1.165, 1.54) is 0 Å². The molecule has 0 radical (unpaired) electrons. The third kappa shape index (κ3) is 6.67. The second kappa shape index (κ2) is 11.3. The molecule has 1 aromatic heterocycles. The number of rotatable bonds is 9. The highest BCUT2D eigenvalue weighted by molar-refractivity contribution is 7.93. The van der Waals surface area contributed by atoms with Crippen LogP contribution in [0.15, 0.2) is 41.4 Å². The van der Waals surface area contributed by atoms with Gasteiger partial charge in [-0.25, -0.2) is 17.8 Å². The molecule has 0 amide bonds. The van der Waals surface area contributed by atoms with E-state index in [0.717, 1.165) is 42.7 Å². The summed E-state index contributed by atoms with van der Waals surface area (Å²) < 4.78 is 55.0. The lowest BCUT2D eigenvalue weighted by Gasteiger charge is -2.24. The van der Waals surface area contributed by atoms with Gasteiger partial charge in [0.05, 0.1) is 28.3 Å². The summed E-state index contributed by atoms with van der Waals surface area (Å²) in [5.41, 5.74) is 2.81. The zero-order chi connectivity index (χ0) is 23.5. The molecule has 0 unspecified atom stereocenters. The Morgan fingerprint density at radius 2 is 1.91 bits per heavy atom. The van der Waals surface area contributed by atoms with Crippen LogP contribution in [-0.4, -0.2) is 40.6 Å². The monoisotopic (exact) mass is 537 g/mol. The third-order valence-electron chi connectivity index (χ3n) is 4.54. The fourth-order valence-electron chi connectivity index (χ4n) is 2.91. The maximum atomic E-state index is 14.8. The van der Waals surface area contributed by atoms with Gasteiger partial charge >= 0.3 is 0 Å². The number of hydrogen-bond acceptors (Lipinski definition) is 7. The first-order chi connectivity index (χ1) is 15.1. The molecular weight excluding hydrogens is 515 g/mol. The Labute approximate surface area is 206 Å². The van der Waals surface area contributed by atoms with Gasteiger partial charge in [0.2, 0.25) is 0 Å². The van der Waals surface area contributed by atoms with Crippen molar-refractivity contribution in [2.75, 3.05) is 42.1 Å². The summed E-state index contributed by atoms with van der Waals surface area (Å²) in [4.78, 5) is 4.95. The molecule has 1 heterocycles. The molecule has 0 fully saturated rings. The number of nitrogens with one attached hydrogen (secondary N) is 3. The lowest BCUT2D eigenvalue weighted by molar-refractivity contribution is 0.570. The second-order valence-corrected chi connectivity index (χ2v) is 10.0. The van der Waals surface area contributed by atoms with Crippen LogP contribution in [0.25, 0.3) is 0 Å². The Bertz CT molecular complexity index is 1230. The summed E-state index contributed by atoms with van der Waals surface area (Å²) in [6, 6.07) is 7.74. The van der Waals surface area contributed by atoms with Crippen LogP contribution in [0.4, 0.5) is 31.0 Å². The van der Waals surface area contributed by atoms with Crippen LogP contribution in [-0.2, 0) is 10.0 Å². The number of sulfonamides is 1. The molecule has 0 saturated heterocycles. The molecule has 33 heavy (non-hydrogen) atoms. The third-order valence-corrected chi connectivity index (χ3v) is 7.04. The summed E-state index contributed by atoms with van der Waals surface area (Å²) in [5.74, 6) is -1.02. The van der Waals surface area contributed by atoms with Crippen molar-refractivity contribution < 1.29 is 17.2 Å². The van der Waals surface area contributed by atoms with Crippen LogP contribution >= 0.6 is 35.3 Å². The summed E-state index contributed by atoms with van der Waals surface area (Å²) in [6.45, 7) is 3.46. The Morgan fingerprint density at radius 1 is 1.18 bits per heavy atom. The lowest BCUT2D eigenvalue weighted by atomic mass is 10.1. The SMILES string of the molecule is CNCCN(C)c1cc(C)ccc1Nc1cc(F)c(S(=O)(=O)Nc2ncc(F)s2)cc1Cl.Cl. The molecule has 0 spiro atoms. The molecule has 0 atom stereocenters. The van der Waals surface area contributed by atoms with Crippen LogP contribution in [0.3, 0.4) is 0 Å². The average molecular weight is 538 g/mol. The van der Waals surface area contributed by atoms with Crippen molar-refractivity contribution in [1.82, 2.24) is 10.3 Å². The lowest BCUT2D eigenvalue weighted by Crippen LogP contribution is -2.27. The van der Waals surface area contributed by atoms with Crippen molar-refractivity contribution in [1.29, 1.82) is 0 Å². The second-order valence-electron chi connectivity index (χ2n) is 7.01. The highest BCUT2D eigenvalue weighted by Gasteiger charge is 2.23. The predicted octanol–water partition coefficient (Wildman–Crippen LogP) is 5.00. The molecule has 13 heteroatoms. The maximum absolute atomic E-state index is 14.8. The van der Waals surface area contributed by atoms with Gasteiger partial charge in [0.1, 0.15) is 10.7 Å². The first kappa shape index (κ1) is 27.1. The van der Waals surface area contributed by atoms with E-state index >= 15 is 0 Å². The number of aryl methyl sites for hydroxylation is 1. The predicted molar refractivity (Wildman–Crippen MR) is 133 cm³/mol. The molecular formula is C20H23Cl2F2N5O2S2. The van der Waals surface area contributed by atoms with Crippen molar-refractivity contribution in [3.63, 3.8) is 0 Å². The van der Waals surface area contributed by atoms with E-state index in [2.05, 4.69) is 20.3 Å². The number of anilines is 4. The Balaban J connectivity index is 0.00000385. The van der Waals surface area contributed by atoms with Crippen LogP contribution in [0.1, 0.15) is 5.56 Å². The Morgan fingerprint density at radius 3 is 2.55 bits per heavy atom. The molecule has 3 rings (SSSR count). The number of nitrogens with zero attached hydrogens (tertiary/aromatic N) is 2. The fraction of sp³-hybridized carbons (Fsp3) is 0.250. The van der Waals surface area contributed by atoms with Crippen molar-refractivity contribution in [2.45, 2.75) is 11.8 Å². The average Bonchev–Trinajstić information content (AvgIpc) is 3.13. The van der Waals surface area contributed by atoms with Gasteiger partial charge in [-0.15, -0.1) is 12.4 Å². The van der Waals surface area contributed by atoms with Crippen molar-refractivity contribution in [3.8, 4) is 0 Å². The maximum Gasteiger partial charge on any atom is 0.266 e. The summed E-state index contributed by atoms with van der Waals surface area (Å²) in [5, 5.41) is 5.29. The zero-order valence-corrected chi connectivity index (χ0v) is 21.2.